The van der Waals surface area contributed by atoms with Crippen LogP contribution >= 0.6 is 0 Å². The van der Waals surface area contributed by atoms with Gasteiger partial charge in [0.1, 0.15) is 0 Å². The average Bonchev–Trinajstić information content (AvgIpc) is 2.91. The van der Waals surface area contributed by atoms with E-state index >= 15 is 0 Å². The van der Waals surface area contributed by atoms with Crippen molar-refractivity contribution in [1.82, 2.24) is 15.5 Å². The number of anilines is 1. The van der Waals surface area contributed by atoms with E-state index in [0.717, 1.165) is 44.2 Å². The summed E-state index contributed by atoms with van der Waals surface area (Å²) in [5.41, 5.74) is 1.04. The predicted molar refractivity (Wildman–Crippen MR) is 83.4 cm³/mol. The van der Waals surface area contributed by atoms with Crippen molar-refractivity contribution in [2.24, 2.45) is 5.92 Å². The molecule has 1 aromatic heterocycles. The second-order valence-corrected chi connectivity index (χ2v) is 6.60. The van der Waals surface area contributed by atoms with Crippen LogP contribution in [0.3, 0.4) is 0 Å². The number of hydrogen-bond donors (Lipinski definition) is 3. The largest absolute Gasteiger partial charge is 0.354 e. The number of nitrogens with zero attached hydrogens (tertiary/aromatic N) is 1. The molecule has 2 saturated carbocycles. The molecule has 2 aliphatic carbocycles. The van der Waals surface area contributed by atoms with Crippen LogP contribution in [0.15, 0.2) is 6.07 Å². The van der Waals surface area contributed by atoms with Gasteiger partial charge in [0.25, 0.3) is 0 Å². The molecule has 0 aliphatic heterocycles. The van der Waals surface area contributed by atoms with Crippen molar-refractivity contribution in [3.8, 4) is 0 Å². The average molecular weight is 304 g/mol. The van der Waals surface area contributed by atoms with E-state index in [2.05, 4.69) is 20.8 Å². The molecule has 2 fully saturated rings. The Morgan fingerprint density at radius 3 is 2.64 bits per heavy atom. The Kier molecular flexibility index (Phi) is 4.45. The Morgan fingerprint density at radius 2 is 1.95 bits per heavy atom. The lowest BCUT2D eigenvalue weighted by Crippen LogP contribution is -2.42. The monoisotopic (exact) mass is 304 g/mol. The first-order valence-electron chi connectivity index (χ1n) is 8.25. The predicted octanol–water partition coefficient (Wildman–Crippen LogP) is 2.31. The van der Waals surface area contributed by atoms with E-state index < -0.39 is 0 Å². The molecule has 0 unspecified atom stereocenters. The first-order valence-corrected chi connectivity index (χ1v) is 8.25. The molecule has 6 nitrogen and oxygen atoms in total. The zero-order valence-corrected chi connectivity index (χ0v) is 13.0. The molecular weight excluding hydrogens is 280 g/mol. The van der Waals surface area contributed by atoms with Crippen molar-refractivity contribution in [3.05, 3.63) is 11.8 Å². The third kappa shape index (κ3) is 3.48. The molecule has 120 valence electrons. The highest BCUT2D eigenvalue weighted by atomic mass is 16.2. The van der Waals surface area contributed by atoms with Crippen molar-refractivity contribution >= 4 is 17.6 Å². The highest BCUT2D eigenvalue weighted by molar-refractivity contribution is 5.91. The minimum absolute atomic E-state index is 0.0218. The summed E-state index contributed by atoms with van der Waals surface area (Å²) in [6.07, 6.45) is 7.38. The number of H-pyrrole nitrogens is 1. The number of aromatic nitrogens is 2. The van der Waals surface area contributed by atoms with Gasteiger partial charge in [-0.05, 0) is 25.7 Å². The van der Waals surface area contributed by atoms with Crippen LogP contribution in [0.1, 0.15) is 63.5 Å². The van der Waals surface area contributed by atoms with Gasteiger partial charge in [-0.2, -0.15) is 5.10 Å². The molecule has 6 heteroatoms. The quantitative estimate of drug-likeness (QED) is 0.797. The number of carbonyl (C=O) groups is 2. The fourth-order valence-electron chi connectivity index (χ4n) is 3.48. The summed E-state index contributed by atoms with van der Waals surface area (Å²) in [4.78, 5) is 23.2. The summed E-state index contributed by atoms with van der Waals surface area (Å²) < 4.78 is 0. The molecule has 2 amide bonds. The number of carbonyl (C=O) groups excluding carboxylic acids is 2. The van der Waals surface area contributed by atoms with Crippen molar-refractivity contribution in [3.63, 3.8) is 0 Å². The second kappa shape index (κ2) is 6.50. The van der Waals surface area contributed by atoms with Crippen LogP contribution in [0.25, 0.3) is 0 Å². The molecule has 0 aromatic carbocycles. The molecule has 0 bridgehead atoms. The van der Waals surface area contributed by atoms with Gasteiger partial charge in [0.05, 0.1) is 0 Å². The minimum Gasteiger partial charge on any atom is -0.354 e. The number of hydrogen-bond acceptors (Lipinski definition) is 3. The Labute approximate surface area is 130 Å². The summed E-state index contributed by atoms with van der Waals surface area (Å²) in [6, 6.07) is 2.20. The second-order valence-electron chi connectivity index (χ2n) is 6.60. The Hall–Kier alpha value is -1.85. The van der Waals surface area contributed by atoms with Crippen LogP contribution in [-0.4, -0.2) is 28.1 Å². The van der Waals surface area contributed by atoms with Gasteiger partial charge in [-0.15, -0.1) is 0 Å². The fourth-order valence-corrected chi connectivity index (χ4v) is 3.48. The van der Waals surface area contributed by atoms with Crippen molar-refractivity contribution in [2.75, 3.05) is 5.32 Å². The number of rotatable bonds is 4. The Balaban J connectivity index is 1.49. The summed E-state index contributed by atoms with van der Waals surface area (Å²) >= 11 is 0. The highest BCUT2D eigenvalue weighted by Gasteiger charge is 2.32. The maximum atomic E-state index is 12.2. The molecule has 0 spiro atoms. The van der Waals surface area contributed by atoms with Crippen LogP contribution in [0.5, 0.6) is 0 Å². The van der Waals surface area contributed by atoms with Crippen LogP contribution < -0.4 is 10.6 Å². The third-order valence-electron chi connectivity index (χ3n) is 4.81. The number of nitrogens with one attached hydrogen (secondary N) is 3. The maximum absolute atomic E-state index is 12.2. The smallest absolute Gasteiger partial charge is 0.228 e. The van der Waals surface area contributed by atoms with Crippen LogP contribution in [-0.2, 0) is 9.59 Å². The lowest BCUT2D eigenvalue weighted by molar-refractivity contribution is -0.121. The molecule has 0 atom stereocenters. The molecule has 0 saturated heterocycles. The first kappa shape index (κ1) is 15.1. The summed E-state index contributed by atoms with van der Waals surface area (Å²) in [7, 11) is 0. The van der Waals surface area contributed by atoms with Crippen LogP contribution in [0.4, 0.5) is 5.82 Å². The molecule has 1 aromatic rings. The summed E-state index contributed by atoms with van der Waals surface area (Å²) in [6.45, 7) is 1.54. The van der Waals surface area contributed by atoms with Gasteiger partial charge in [-0.25, -0.2) is 0 Å². The van der Waals surface area contributed by atoms with E-state index in [0.29, 0.717) is 11.7 Å². The zero-order valence-electron chi connectivity index (χ0n) is 13.0. The van der Waals surface area contributed by atoms with Gasteiger partial charge in [0, 0.05) is 36.6 Å². The molecule has 1 heterocycles. The molecular formula is C16H24N4O2. The van der Waals surface area contributed by atoms with Crippen molar-refractivity contribution in [1.29, 1.82) is 0 Å². The highest BCUT2D eigenvalue weighted by Crippen LogP contribution is 2.36. The number of aromatic amines is 1. The zero-order chi connectivity index (χ0) is 15.5. The van der Waals surface area contributed by atoms with E-state index in [1.807, 2.05) is 6.07 Å². The van der Waals surface area contributed by atoms with E-state index in [1.165, 1.54) is 6.42 Å². The Bertz CT molecular complexity index is 542. The van der Waals surface area contributed by atoms with Gasteiger partial charge in [-0.1, -0.05) is 19.3 Å². The van der Waals surface area contributed by atoms with Gasteiger partial charge in [0.2, 0.25) is 11.8 Å². The van der Waals surface area contributed by atoms with Crippen molar-refractivity contribution < 1.29 is 9.59 Å². The normalized spacial score (nSPS) is 25.3. The SMILES string of the molecule is CC(=O)NC1CC(c2cc(NC(=O)C3CCCCC3)n[nH]2)C1. The van der Waals surface area contributed by atoms with Gasteiger partial charge < -0.3 is 10.6 Å². The van der Waals surface area contributed by atoms with Crippen LogP contribution in [0, 0.1) is 5.92 Å². The third-order valence-corrected chi connectivity index (χ3v) is 4.81. The molecule has 3 rings (SSSR count). The summed E-state index contributed by atoms with van der Waals surface area (Å²) in [5.74, 6) is 1.27. The first-order chi connectivity index (χ1) is 10.6. The molecule has 0 radical (unpaired) electrons. The van der Waals surface area contributed by atoms with Crippen LogP contribution in [0.2, 0.25) is 0 Å². The minimum atomic E-state index is 0.0218. The Morgan fingerprint density at radius 1 is 1.23 bits per heavy atom. The fraction of sp³-hybridized carbons (Fsp3) is 0.688. The van der Waals surface area contributed by atoms with Gasteiger partial charge >= 0.3 is 0 Å². The van der Waals surface area contributed by atoms with E-state index in [1.54, 1.807) is 6.92 Å². The lowest BCUT2D eigenvalue weighted by Gasteiger charge is -2.34. The topological polar surface area (TPSA) is 86.9 Å². The van der Waals surface area contributed by atoms with Gasteiger partial charge in [-0.3, -0.25) is 14.7 Å². The number of amides is 2. The van der Waals surface area contributed by atoms with E-state index in [9.17, 15) is 9.59 Å². The van der Waals surface area contributed by atoms with Gasteiger partial charge in [0.15, 0.2) is 5.82 Å². The lowest BCUT2D eigenvalue weighted by atomic mass is 9.78. The maximum Gasteiger partial charge on any atom is 0.228 e. The van der Waals surface area contributed by atoms with E-state index in [4.69, 9.17) is 0 Å². The van der Waals surface area contributed by atoms with Crippen molar-refractivity contribution in [2.45, 2.75) is 63.8 Å². The van der Waals surface area contributed by atoms with E-state index in [-0.39, 0.29) is 23.8 Å². The molecule has 2 aliphatic rings. The summed E-state index contributed by atoms with van der Waals surface area (Å²) in [5, 5.41) is 13.1. The standard InChI is InChI=1S/C16H24N4O2/c1-10(21)17-13-7-12(8-13)14-9-15(20-19-14)18-16(22)11-5-3-2-4-6-11/h9,11-13H,2-8H2,1H3,(H,17,21)(H2,18,19,20,22). The molecule has 22 heavy (non-hydrogen) atoms. The molecule has 3 N–H and O–H groups in total.